The predicted molar refractivity (Wildman–Crippen MR) is 116 cm³/mol. The number of aromatic nitrogens is 3. The van der Waals surface area contributed by atoms with Gasteiger partial charge in [-0.25, -0.2) is 9.50 Å². The van der Waals surface area contributed by atoms with E-state index in [1.165, 1.54) is 25.7 Å². The van der Waals surface area contributed by atoms with Crippen LogP contribution in [0.2, 0.25) is 0 Å². The van der Waals surface area contributed by atoms with Crippen molar-refractivity contribution in [3.8, 4) is 0 Å². The number of carbonyl (C=O) groups is 1. The minimum atomic E-state index is 0.0690. The number of piperidine rings is 1. The number of rotatable bonds is 4. The molecule has 2 aromatic rings. The van der Waals surface area contributed by atoms with Crippen molar-refractivity contribution in [2.24, 2.45) is 0 Å². The van der Waals surface area contributed by atoms with Crippen LogP contribution in [0.4, 0.5) is 0 Å². The fourth-order valence-electron chi connectivity index (χ4n) is 5.62. The Kier molecular flexibility index (Phi) is 5.39. The summed E-state index contributed by atoms with van der Waals surface area (Å²) in [5, 5.41) is 3.36. The number of carbonyl (C=O) groups excluding carboxylic acids is 1. The van der Waals surface area contributed by atoms with E-state index in [2.05, 4.69) is 16.1 Å². The van der Waals surface area contributed by atoms with Gasteiger partial charge in [0.05, 0.1) is 11.3 Å². The van der Waals surface area contributed by atoms with Gasteiger partial charge in [0.15, 0.2) is 5.65 Å². The maximum absolute atomic E-state index is 13.3. The van der Waals surface area contributed by atoms with Gasteiger partial charge in [0, 0.05) is 62.7 Å². The van der Waals surface area contributed by atoms with Crippen molar-refractivity contribution in [3.63, 3.8) is 0 Å². The van der Waals surface area contributed by atoms with E-state index in [0.29, 0.717) is 18.4 Å². The van der Waals surface area contributed by atoms with Crippen molar-refractivity contribution in [3.05, 3.63) is 33.4 Å². The molecule has 0 aromatic carbocycles. The molecule has 2 aromatic heterocycles. The van der Waals surface area contributed by atoms with Gasteiger partial charge in [-0.15, -0.1) is 0 Å². The Labute approximate surface area is 177 Å². The number of nitrogens with zero attached hydrogens (tertiary/aromatic N) is 4. The molecular formula is C23H33N5O2. The Morgan fingerprint density at radius 3 is 2.67 bits per heavy atom. The molecule has 5 rings (SSSR count). The standard InChI is InChI=1S/C23H33N5O2/c1-2-5-22(29)26-11-8-16(9-12-26)20-14-21-24-19-10-13-27(17-6-3-4-7-17)15-18(19)23(30)28(21)25-20/h14,16-17,25H,2-13,15H2,1H3. The van der Waals surface area contributed by atoms with Crippen LogP contribution in [0.15, 0.2) is 10.9 Å². The highest BCUT2D eigenvalue weighted by Crippen LogP contribution is 2.29. The maximum Gasteiger partial charge on any atom is 0.277 e. The fourth-order valence-corrected chi connectivity index (χ4v) is 5.62. The first-order chi connectivity index (χ1) is 14.6. The van der Waals surface area contributed by atoms with Gasteiger partial charge in [0.25, 0.3) is 5.56 Å². The van der Waals surface area contributed by atoms with Crippen molar-refractivity contribution in [1.29, 1.82) is 0 Å². The zero-order valence-corrected chi connectivity index (χ0v) is 18.0. The molecule has 30 heavy (non-hydrogen) atoms. The van der Waals surface area contributed by atoms with Crippen molar-refractivity contribution >= 4 is 11.6 Å². The third kappa shape index (κ3) is 3.57. The zero-order valence-electron chi connectivity index (χ0n) is 18.0. The highest BCUT2D eigenvalue weighted by Gasteiger charge is 2.30. The van der Waals surface area contributed by atoms with Crippen molar-refractivity contribution in [2.45, 2.75) is 83.2 Å². The quantitative estimate of drug-likeness (QED) is 0.840. The van der Waals surface area contributed by atoms with Gasteiger partial charge < -0.3 is 4.90 Å². The molecule has 0 spiro atoms. The molecule has 7 heteroatoms. The van der Waals surface area contributed by atoms with Gasteiger partial charge in [-0.1, -0.05) is 19.8 Å². The summed E-state index contributed by atoms with van der Waals surface area (Å²) in [6, 6.07) is 2.69. The number of H-pyrrole nitrogens is 1. The maximum atomic E-state index is 13.3. The first kappa shape index (κ1) is 19.8. The summed E-state index contributed by atoms with van der Waals surface area (Å²) in [4.78, 5) is 34.8. The van der Waals surface area contributed by atoms with Gasteiger partial charge in [0.2, 0.25) is 5.91 Å². The summed E-state index contributed by atoms with van der Waals surface area (Å²) in [5.74, 6) is 0.619. The Hall–Kier alpha value is -2.15. The summed E-state index contributed by atoms with van der Waals surface area (Å²) in [6.07, 6.45) is 9.43. The molecule has 1 N–H and O–H groups in total. The normalized spacial score (nSPS) is 21.4. The molecule has 2 fully saturated rings. The average molecular weight is 412 g/mol. The monoisotopic (exact) mass is 411 g/mol. The lowest BCUT2D eigenvalue weighted by molar-refractivity contribution is -0.132. The molecule has 0 radical (unpaired) electrons. The van der Waals surface area contributed by atoms with E-state index < -0.39 is 0 Å². The number of nitrogens with one attached hydrogen (secondary N) is 1. The van der Waals surface area contributed by atoms with Crippen LogP contribution in [0.25, 0.3) is 5.65 Å². The number of aromatic amines is 1. The van der Waals surface area contributed by atoms with Crippen LogP contribution >= 0.6 is 0 Å². The van der Waals surface area contributed by atoms with Crippen molar-refractivity contribution < 1.29 is 4.79 Å². The van der Waals surface area contributed by atoms with Crippen molar-refractivity contribution in [1.82, 2.24) is 24.4 Å². The second-order valence-corrected chi connectivity index (χ2v) is 9.31. The lowest BCUT2D eigenvalue weighted by Gasteiger charge is -2.32. The van der Waals surface area contributed by atoms with E-state index in [9.17, 15) is 9.59 Å². The van der Waals surface area contributed by atoms with Crippen LogP contribution in [0.1, 0.15) is 81.2 Å². The number of hydrogen-bond donors (Lipinski definition) is 1. The Bertz CT molecular complexity index is 979. The van der Waals surface area contributed by atoms with Gasteiger partial charge >= 0.3 is 0 Å². The lowest BCUT2D eigenvalue weighted by Crippen LogP contribution is -2.41. The van der Waals surface area contributed by atoms with Crippen LogP contribution in [0.3, 0.4) is 0 Å². The lowest BCUT2D eigenvalue weighted by atomic mass is 9.93. The van der Waals surface area contributed by atoms with E-state index in [4.69, 9.17) is 4.98 Å². The first-order valence-electron chi connectivity index (χ1n) is 11.8. The highest BCUT2D eigenvalue weighted by atomic mass is 16.2. The molecule has 7 nitrogen and oxygen atoms in total. The summed E-state index contributed by atoms with van der Waals surface area (Å²) >= 11 is 0. The molecule has 3 aliphatic rings. The van der Waals surface area contributed by atoms with Crippen LogP contribution in [-0.4, -0.2) is 56.0 Å². The number of hydrogen-bond acceptors (Lipinski definition) is 4. The zero-order chi connectivity index (χ0) is 20.7. The summed E-state index contributed by atoms with van der Waals surface area (Å²) in [7, 11) is 0. The molecule has 162 valence electrons. The smallest absolute Gasteiger partial charge is 0.277 e. The molecular weight excluding hydrogens is 378 g/mol. The van der Waals surface area contributed by atoms with E-state index in [-0.39, 0.29) is 11.5 Å². The Morgan fingerprint density at radius 2 is 1.93 bits per heavy atom. The summed E-state index contributed by atoms with van der Waals surface area (Å²) < 4.78 is 1.65. The molecule has 4 heterocycles. The molecule has 0 unspecified atom stereocenters. The van der Waals surface area contributed by atoms with Gasteiger partial charge in [-0.3, -0.25) is 19.6 Å². The SMILES string of the molecule is CCCC(=O)N1CCC(c2cc3nc4c(c(=O)n3[nH]2)CN(C2CCCC2)CC4)CC1. The highest BCUT2D eigenvalue weighted by molar-refractivity contribution is 5.76. The van der Waals surface area contributed by atoms with Crippen molar-refractivity contribution in [2.75, 3.05) is 19.6 Å². The Morgan fingerprint density at radius 1 is 1.17 bits per heavy atom. The molecule has 1 amide bonds. The van der Waals surface area contributed by atoms with Gasteiger partial charge in [-0.05, 0) is 32.1 Å². The van der Waals surface area contributed by atoms with E-state index in [1.807, 2.05) is 11.8 Å². The van der Waals surface area contributed by atoms with Crippen LogP contribution in [-0.2, 0) is 17.8 Å². The second-order valence-electron chi connectivity index (χ2n) is 9.31. The molecule has 1 aliphatic carbocycles. The van der Waals surface area contributed by atoms with E-state index in [1.54, 1.807) is 4.52 Å². The molecule has 0 bridgehead atoms. The summed E-state index contributed by atoms with van der Waals surface area (Å²) in [5.41, 5.74) is 3.75. The minimum Gasteiger partial charge on any atom is -0.343 e. The third-order valence-corrected chi connectivity index (χ3v) is 7.40. The largest absolute Gasteiger partial charge is 0.343 e. The first-order valence-corrected chi connectivity index (χ1v) is 11.8. The average Bonchev–Trinajstić information content (AvgIpc) is 3.44. The van der Waals surface area contributed by atoms with Crippen LogP contribution < -0.4 is 5.56 Å². The van der Waals surface area contributed by atoms with Gasteiger partial charge in [0.1, 0.15) is 0 Å². The molecule has 1 saturated heterocycles. The van der Waals surface area contributed by atoms with Gasteiger partial charge in [-0.2, -0.15) is 0 Å². The third-order valence-electron chi connectivity index (χ3n) is 7.40. The number of likely N-dealkylation sites (tertiary alicyclic amines) is 1. The number of fused-ring (bicyclic) bond motifs is 2. The number of amides is 1. The van der Waals surface area contributed by atoms with Crippen LogP contribution in [0, 0.1) is 0 Å². The van der Waals surface area contributed by atoms with E-state index >= 15 is 0 Å². The van der Waals surface area contributed by atoms with Crippen LogP contribution in [0.5, 0.6) is 0 Å². The minimum absolute atomic E-state index is 0.0690. The summed E-state index contributed by atoms with van der Waals surface area (Å²) in [6.45, 7) is 5.40. The Balaban J connectivity index is 1.35. The molecule has 1 saturated carbocycles. The molecule has 0 atom stereocenters. The molecule has 2 aliphatic heterocycles. The fraction of sp³-hybridized carbons (Fsp3) is 0.696. The topological polar surface area (TPSA) is 73.7 Å². The second kappa shape index (κ2) is 8.17. The predicted octanol–water partition coefficient (Wildman–Crippen LogP) is 2.83. The van der Waals surface area contributed by atoms with E-state index in [0.717, 1.165) is 74.5 Å².